The Hall–Kier alpha value is -1.50. The number of halogens is 3. The first-order chi connectivity index (χ1) is 10.3. The molecule has 1 aliphatic carbocycles. The summed E-state index contributed by atoms with van der Waals surface area (Å²) in [4.78, 5) is 12.7. The predicted molar refractivity (Wildman–Crippen MR) is 71.4 cm³/mol. The monoisotopic (exact) mass is 317 g/mol. The van der Waals surface area contributed by atoms with Crippen LogP contribution in [0.5, 0.6) is 0 Å². The maximum Gasteiger partial charge on any atom is 0.392 e. The van der Waals surface area contributed by atoms with Crippen molar-refractivity contribution in [1.82, 2.24) is 4.90 Å². The molecule has 1 saturated heterocycles. The zero-order valence-electron chi connectivity index (χ0n) is 12.0. The van der Waals surface area contributed by atoms with Crippen LogP contribution in [-0.2, 0) is 6.54 Å². The summed E-state index contributed by atoms with van der Waals surface area (Å²) in [6, 6.07) is 2.95. The van der Waals surface area contributed by atoms with E-state index in [4.69, 9.17) is 9.52 Å². The molecule has 1 spiro atoms. The number of carboxylic acid groups (broad SMARTS) is 1. The molecule has 0 amide bonds. The molecule has 3 rings (SSSR count). The summed E-state index contributed by atoms with van der Waals surface area (Å²) in [6.07, 6.45) is -1.94. The van der Waals surface area contributed by atoms with Gasteiger partial charge >= 0.3 is 12.1 Å². The van der Waals surface area contributed by atoms with Crippen molar-refractivity contribution >= 4 is 5.97 Å². The van der Waals surface area contributed by atoms with Crippen LogP contribution < -0.4 is 0 Å². The lowest BCUT2D eigenvalue weighted by molar-refractivity contribution is -0.238. The van der Waals surface area contributed by atoms with Crippen LogP contribution in [-0.4, -0.2) is 35.2 Å². The second-order valence-corrected chi connectivity index (χ2v) is 6.38. The number of nitrogens with zero attached hydrogens (tertiary/aromatic N) is 1. The van der Waals surface area contributed by atoms with Crippen molar-refractivity contribution < 1.29 is 27.5 Å². The van der Waals surface area contributed by atoms with Crippen LogP contribution in [0, 0.1) is 11.3 Å². The molecule has 7 heteroatoms. The Balaban J connectivity index is 1.68. The number of hydrogen-bond acceptors (Lipinski definition) is 3. The summed E-state index contributed by atoms with van der Waals surface area (Å²) in [5, 5.41) is 8.83. The third-order valence-electron chi connectivity index (χ3n) is 5.01. The average Bonchev–Trinajstić information content (AvgIpc) is 2.84. The summed E-state index contributed by atoms with van der Waals surface area (Å²) in [5.74, 6) is -2.01. The smallest absolute Gasteiger partial charge is 0.392 e. The fourth-order valence-electron chi connectivity index (χ4n) is 3.83. The first kappa shape index (κ1) is 15.4. The van der Waals surface area contributed by atoms with E-state index in [0.29, 0.717) is 38.2 Å². The third kappa shape index (κ3) is 2.74. The fraction of sp³-hybridized carbons (Fsp3) is 0.667. The molecule has 0 radical (unpaired) electrons. The number of carboxylic acids is 1. The normalized spacial score (nSPS) is 25.1. The zero-order chi connectivity index (χ0) is 16.0. The van der Waals surface area contributed by atoms with Crippen molar-refractivity contribution in [3.8, 4) is 0 Å². The third-order valence-corrected chi connectivity index (χ3v) is 5.01. The lowest BCUT2D eigenvalue weighted by atomic mass is 9.58. The molecule has 122 valence electrons. The first-order valence-corrected chi connectivity index (χ1v) is 7.41. The molecule has 4 nitrogen and oxygen atoms in total. The molecule has 1 aromatic heterocycles. The van der Waals surface area contributed by atoms with Gasteiger partial charge in [0, 0.05) is 6.54 Å². The Morgan fingerprint density at radius 2 is 2.14 bits per heavy atom. The van der Waals surface area contributed by atoms with Gasteiger partial charge in [0.25, 0.3) is 0 Å². The van der Waals surface area contributed by atoms with Crippen molar-refractivity contribution in [3.05, 3.63) is 23.7 Å². The van der Waals surface area contributed by atoms with Gasteiger partial charge < -0.3 is 9.52 Å². The van der Waals surface area contributed by atoms with Gasteiger partial charge in [0.1, 0.15) is 5.76 Å². The average molecular weight is 317 g/mol. The number of furan rings is 1. The van der Waals surface area contributed by atoms with Gasteiger partial charge in [-0.3, -0.25) is 4.90 Å². The Labute approximate surface area is 125 Å². The van der Waals surface area contributed by atoms with E-state index in [9.17, 15) is 18.0 Å². The maximum atomic E-state index is 13.2. The minimum atomic E-state index is -4.13. The SMILES string of the molecule is O=C(O)c1ccc(CN2CCC(C(F)(F)F)C3(CCC3)C2)o1. The first-order valence-electron chi connectivity index (χ1n) is 7.41. The van der Waals surface area contributed by atoms with Gasteiger partial charge in [-0.15, -0.1) is 0 Å². The number of alkyl halides is 3. The van der Waals surface area contributed by atoms with Crippen LogP contribution in [0.2, 0.25) is 0 Å². The van der Waals surface area contributed by atoms with Gasteiger partial charge in [-0.25, -0.2) is 4.79 Å². The second-order valence-electron chi connectivity index (χ2n) is 6.38. The summed E-state index contributed by atoms with van der Waals surface area (Å²) in [6.45, 7) is 1.12. The molecular weight excluding hydrogens is 299 g/mol. The molecule has 2 aliphatic rings. The van der Waals surface area contributed by atoms with Crippen molar-refractivity contribution in [2.24, 2.45) is 11.3 Å². The number of piperidine rings is 1. The van der Waals surface area contributed by atoms with E-state index in [1.807, 2.05) is 4.90 Å². The van der Waals surface area contributed by atoms with E-state index in [2.05, 4.69) is 0 Å². The zero-order valence-corrected chi connectivity index (χ0v) is 12.0. The largest absolute Gasteiger partial charge is 0.475 e. The number of likely N-dealkylation sites (tertiary alicyclic amines) is 1. The van der Waals surface area contributed by atoms with E-state index >= 15 is 0 Å². The molecule has 1 unspecified atom stereocenters. The highest BCUT2D eigenvalue weighted by Crippen LogP contribution is 2.56. The van der Waals surface area contributed by atoms with Gasteiger partial charge in [-0.1, -0.05) is 6.42 Å². The molecule has 1 aliphatic heterocycles. The molecule has 2 fully saturated rings. The molecule has 2 heterocycles. The van der Waals surface area contributed by atoms with E-state index < -0.39 is 23.5 Å². The Bertz CT molecular complexity index is 563. The summed E-state index contributed by atoms with van der Waals surface area (Å²) >= 11 is 0. The lowest BCUT2D eigenvalue weighted by Gasteiger charge is -2.54. The second kappa shape index (κ2) is 5.30. The van der Waals surface area contributed by atoms with E-state index in [1.165, 1.54) is 6.07 Å². The Morgan fingerprint density at radius 1 is 1.41 bits per heavy atom. The number of carbonyl (C=O) groups is 1. The number of hydrogen-bond donors (Lipinski definition) is 1. The predicted octanol–water partition coefficient (Wildman–Crippen LogP) is 3.53. The van der Waals surface area contributed by atoms with Gasteiger partial charge in [-0.2, -0.15) is 13.2 Å². The van der Waals surface area contributed by atoms with Crippen molar-refractivity contribution in [2.45, 2.75) is 38.4 Å². The van der Waals surface area contributed by atoms with Gasteiger partial charge in [-0.05, 0) is 43.4 Å². The summed E-state index contributed by atoms with van der Waals surface area (Å²) in [7, 11) is 0. The highest BCUT2D eigenvalue weighted by atomic mass is 19.4. The molecule has 1 N–H and O–H groups in total. The minimum absolute atomic E-state index is 0.107. The van der Waals surface area contributed by atoms with Crippen molar-refractivity contribution in [3.63, 3.8) is 0 Å². The van der Waals surface area contributed by atoms with Crippen LogP contribution in [0.3, 0.4) is 0 Å². The van der Waals surface area contributed by atoms with Crippen molar-refractivity contribution in [1.29, 1.82) is 0 Å². The minimum Gasteiger partial charge on any atom is -0.475 e. The van der Waals surface area contributed by atoms with Crippen LogP contribution in [0.25, 0.3) is 0 Å². The molecule has 1 saturated carbocycles. The molecule has 0 bridgehead atoms. The molecule has 1 aromatic rings. The fourth-order valence-corrected chi connectivity index (χ4v) is 3.83. The van der Waals surface area contributed by atoms with Crippen LogP contribution in [0.4, 0.5) is 13.2 Å². The van der Waals surface area contributed by atoms with E-state index in [1.54, 1.807) is 6.07 Å². The Kier molecular flexibility index (Phi) is 3.71. The van der Waals surface area contributed by atoms with E-state index in [0.717, 1.165) is 6.42 Å². The molecule has 1 atom stereocenters. The summed E-state index contributed by atoms with van der Waals surface area (Å²) < 4.78 is 44.8. The van der Waals surface area contributed by atoms with Crippen LogP contribution in [0.15, 0.2) is 16.5 Å². The molecule has 22 heavy (non-hydrogen) atoms. The van der Waals surface area contributed by atoms with Gasteiger partial charge in [0.2, 0.25) is 5.76 Å². The standard InChI is InChI=1S/C15H18F3NO3/c16-15(17,18)12-4-7-19(9-14(12)5-1-6-14)8-10-2-3-11(22-10)13(20)21/h2-3,12H,1,4-9H2,(H,20,21). The number of aromatic carboxylic acids is 1. The molecular formula is C15H18F3NO3. The molecule has 0 aromatic carbocycles. The van der Waals surface area contributed by atoms with Gasteiger partial charge in [0.15, 0.2) is 0 Å². The number of rotatable bonds is 3. The topological polar surface area (TPSA) is 53.7 Å². The van der Waals surface area contributed by atoms with Crippen molar-refractivity contribution in [2.75, 3.05) is 13.1 Å². The highest BCUT2D eigenvalue weighted by molar-refractivity contribution is 5.84. The quantitative estimate of drug-likeness (QED) is 0.926. The lowest BCUT2D eigenvalue weighted by Crippen LogP contribution is -2.56. The van der Waals surface area contributed by atoms with Gasteiger partial charge in [0.05, 0.1) is 12.5 Å². The Morgan fingerprint density at radius 3 is 2.64 bits per heavy atom. The summed E-state index contributed by atoms with van der Waals surface area (Å²) in [5.41, 5.74) is -0.654. The maximum absolute atomic E-state index is 13.2. The van der Waals surface area contributed by atoms with Crippen LogP contribution in [0.1, 0.15) is 42.0 Å². The highest BCUT2D eigenvalue weighted by Gasteiger charge is 2.57. The van der Waals surface area contributed by atoms with Crippen LogP contribution >= 0.6 is 0 Å². The van der Waals surface area contributed by atoms with E-state index in [-0.39, 0.29) is 12.2 Å².